The van der Waals surface area contributed by atoms with Gasteiger partial charge < -0.3 is 9.84 Å². The zero-order valence-corrected chi connectivity index (χ0v) is 15.8. The zero-order valence-electron chi connectivity index (χ0n) is 15.8. The lowest BCUT2D eigenvalue weighted by atomic mass is 9.95. The number of aliphatic hydroxyl groups is 1. The van der Waals surface area contributed by atoms with Crippen molar-refractivity contribution in [3.8, 4) is 5.75 Å². The number of para-hydroxylation sites is 2. The Balaban J connectivity index is 1.85. The number of methoxy groups -OCH3 is 1. The van der Waals surface area contributed by atoms with Crippen molar-refractivity contribution in [1.29, 1.82) is 0 Å². The van der Waals surface area contributed by atoms with Crippen LogP contribution in [0.4, 0.5) is 5.69 Å². The molecule has 2 heterocycles. The SMILES string of the molecule is COc1ccccc1N1C[C@@](O)(c2ccc(C)cc2C)[N+]2=C1CCCC2. The third-order valence-electron chi connectivity index (χ3n) is 5.67. The molecule has 4 heteroatoms. The fraction of sp³-hybridized carbons (Fsp3) is 0.409. The third kappa shape index (κ3) is 2.60. The second-order valence-electron chi connectivity index (χ2n) is 7.42. The van der Waals surface area contributed by atoms with E-state index in [1.807, 2.05) is 18.2 Å². The fourth-order valence-corrected chi connectivity index (χ4v) is 4.46. The summed E-state index contributed by atoms with van der Waals surface area (Å²) < 4.78 is 7.80. The fourth-order valence-electron chi connectivity index (χ4n) is 4.46. The summed E-state index contributed by atoms with van der Waals surface area (Å²) >= 11 is 0. The highest BCUT2D eigenvalue weighted by molar-refractivity contribution is 5.97. The van der Waals surface area contributed by atoms with Crippen LogP contribution in [0.5, 0.6) is 5.75 Å². The van der Waals surface area contributed by atoms with Crippen molar-refractivity contribution in [2.45, 2.75) is 38.8 Å². The molecule has 0 radical (unpaired) electrons. The maximum Gasteiger partial charge on any atom is 0.271 e. The quantitative estimate of drug-likeness (QED) is 0.859. The van der Waals surface area contributed by atoms with Gasteiger partial charge >= 0.3 is 0 Å². The lowest BCUT2D eigenvalue weighted by molar-refractivity contribution is -0.661. The van der Waals surface area contributed by atoms with E-state index in [1.165, 1.54) is 11.4 Å². The second kappa shape index (κ2) is 6.44. The number of anilines is 1. The molecule has 4 rings (SSSR count). The Morgan fingerprint density at radius 2 is 1.92 bits per heavy atom. The molecule has 4 nitrogen and oxygen atoms in total. The number of ether oxygens (including phenoxy) is 1. The van der Waals surface area contributed by atoms with Crippen LogP contribution in [-0.2, 0) is 5.72 Å². The Bertz CT molecular complexity index is 874. The number of β-amino-alcohol motifs (C(OH)–C–C–N with tert-alkyl or cyclic N) is 1. The Labute approximate surface area is 155 Å². The summed E-state index contributed by atoms with van der Waals surface area (Å²) in [5.74, 6) is 2.04. The molecule has 0 aliphatic carbocycles. The van der Waals surface area contributed by atoms with Crippen LogP contribution in [0, 0.1) is 13.8 Å². The summed E-state index contributed by atoms with van der Waals surface area (Å²) in [6.45, 7) is 5.59. The summed E-state index contributed by atoms with van der Waals surface area (Å²) in [6.07, 6.45) is 3.24. The first-order valence-corrected chi connectivity index (χ1v) is 9.39. The minimum atomic E-state index is -1.01. The van der Waals surface area contributed by atoms with E-state index in [2.05, 4.69) is 47.6 Å². The molecular weight excluding hydrogens is 324 g/mol. The Kier molecular flexibility index (Phi) is 4.23. The van der Waals surface area contributed by atoms with Gasteiger partial charge in [0.25, 0.3) is 11.6 Å². The number of benzene rings is 2. The Morgan fingerprint density at radius 3 is 2.69 bits per heavy atom. The highest BCUT2D eigenvalue weighted by Gasteiger charge is 2.53. The minimum Gasteiger partial charge on any atom is -0.492 e. The van der Waals surface area contributed by atoms with Gasteiger partial charge in [-0.3, -0.25) is 0 Å². The maximum absolute atomic E-state index is 11.8. The highest BCUT2D eigenvalue weighted by atomic mass is 16.5. The number of amidine groups is 1. The van der Waals surface area contributed by atoms with Crippen LogP contribution in [0.2, 0.25) is 0 Å². The van der Waals surface area contributed by atoms with Crippen LogP contribution in [0.25, 0.3) is 0 Å². The molecule has 2 aromatic rings. The molecular formula is C22H27N2O2+. The standard InChI is InChI=1S/C22H27N2O2/c1-16-11-12-18(17(2)14-16)22(25)15-23(21-10-6-7-13-24(21)22)19-8-4-5-9-20(19)26-3/h4-5,8-9,11-12,14,25H,6-7,10,13,15H2,1-3H3/q+1/t22-/m1/s1. The molecule has 136 valence electrons. The first kappa shape index (κ1) is 17.1. The predicted molar refractivity (Wildman–Crippen MR) is 104 cm³/mol. The van der Waals surface area contributed by atoms with Gasteiger partial charge in [-0.15, -0.1) is 0 Å². The lowest BCUT2D eigenvalue weighted by Crippen LogP contribution is -2.42. The summed E-state index contributed by atoms with van der Waals surface area (Å²) in [5.41, 5.74) is 3.38. The summed E-state index contributed by atoms with van der Waals surface area (Å²) in [4.78, 5) is 2.25. The van der Waals surface area contributed by atoms with Gasteiger partial charge in [0.15, 0.2) is 18.0 Å². The van der Waals surface area contributed by atoms with E-state index in [9.17, 15) is 5.11 Å². The second-order valence-corrected chi connectivity index (χ2v) is 7.42. The van der Waals surface area contributed by atoms with Crippen LogP contribution < -0.4 is 9.64 Å². The molecule has 0 bridgehead atoms. The normalized spacial score (nSPS) is 22.5. The summed E-state index contributed by atoms with van der Waals surface area (Å²) in [6, 6.07) is 14.4. The number of nitrogens with zero attached hydrogens (tertiary/aromatic N) is 2. The van der Waals surface area contributed by atoms with E-state index >= 15 is 0 Å². The summed E-state index contributed by atoms with van der Waals surface area (Å²) in [5, 5.41) is 11.8. The average molecular weight is 351 g/mol. The van der Waals surface area contributed by atoms with Crippen LogP contribution in [0.1, 0.15) is 36.0 Å². The zero-order chi connectivity index (χ0) is 18.3. The smallest absolute Gasteiger partial charge is 0.271 e. The van der Waals surface area contributed by atoms with Crippen molar-refractivity contribution >= 4 is 11.5 Å². The van der Waals surface area contributed by atoms with Crippen LogP contribution in [-0.4, -0.2) is 35.7 Å². The van der Waals surface area contributed by atoms with Gasteiger partial charge in [-0.2, -0.15) is 0 Å². The Hall–Kier alpha value is -2.33. The van der Waals surface area contributed by atoms with E-state index in [0.717, 1.165) is 48.4 Å². The molecule has 0 aromatic heterocycles. The molecule has 0 amide bonds. The van der Waals surface area contributed by atoms with Gasteiger partial charge in [0.1, 0.15) is 0 Å². The molecule has 0 saturated heterocycles. The molecule has 0 spiro atoms. The van der Waals surface area contributed by atoms with E-state index < -0.39 is 5.72 Å². The van der Waals surface area contributed by atoms with E-state index in [0.29, 0.717) is 6.54 Å². The van der Waals surface area contributed by atoms with E-state index in [-0.39, 0.29) is 0 Å². The van der Waals surface area contributed by atoms with Crippen molar-refractivity contribution in [3.05, 3.63) is 59.2 Å². The van der Waals surface area contributed by atoms with Crippen molar-refractivity contribution in [3.63, 3.8) is 0 Å². The van der Waals surface area contributed by atoms with Gasteiger partial charge in [0.05, 0.1) is 13.7 Å². The molecule has 26 heavy (non-hydrogen) atoms. The highest BCUT2D eigenvalue weighted by Crippen LogP contribution is 2.39. The van der Waals surface area contributed by atoms with Gasteiger partial charge in [-0.1, -0.05) is 35.9 Å². The number of rotatable bonds is 3. The first-order valence-electron chi connectivity index (χ1n) is 9.39. The number of aryl methyl sites for hydroxylation is 2. The molecule has 2 aliphatic heterocycles. The van der Waals surface area contributed by atoms with Gasteiger partial charge in [-0.25, -0.2) is 9.48 Å². The molecule has 2 aromatic carbocycles. The summed E-state index contributed by atoms with van der Waals surface area (Å²) in [7, 11) is 1.70. The van der Waals surface area contributed by atoms with Crippen molar-refractivity contribution in [2.75, 3.05) is 25.1 Å². The Morgan fingerprint density at radius 1 is 1.12 bits per heavy atom. The average Bonchev–Trinajstić information content (AvgIpc) is 2.95. The molecule has 0 saturated carbocycles. The molecule has 1 N–H and O–H groups in total. The molecule has 0 fully saturated rings. The molecule has 0 unspecified atom stereocenters. The maximum atomic E-state index is 11.8. The number of hydrogen-bond acceptors (Lipinski definition) is 3. The first-order chi connectivity index (χ1) is 12.5. The minimum absolute atomic E-state index is 0.520. The van der Waals surface area contributed by atoms with Crippen molar-refractivity contribution in [2.24, 2.45) is 0 Å². The topological polar surface area (TPSA) is 35.7 Å². The van der Waals surface area contributed by atoms with Crippen LogP contribution in [0.3, 0.4) is 0 Å². The third-order valence-corrected chi connectivity index (χ3v) is 5.67. The number of hydrogen-bond donors (Lipinski definition) is 1. The van der Waals surface area contributed by atoms with E-state index in [4.69, 9.17) is 4.74 Å². The lowest BCUT2D eigenvalue weighted by Gasteiger charge is -2.26. The van der Waals surface area contributed by atoms with Crippen LogP contribution in [0.15, 0.2) is 42.5 Å². The van der Waals surface area contributed by atoms with Crippen molar-refractivity contribution < 1.29 is 14.4 Å². The van der Waals surface area contributed by atoms with Gasteiger partial charge in [0, 0.05) is 12.0 Å². The predicted octanol–water partition coefficient (Wildman–Crippen LogP) is 3.57. The van der Waals surface area contributed by atoms with Gasteiger partial charge in [-0.05, 0) is 44.4 Å². The van der Waals surface area contributed by atoms with Gasteiger partial charge in [0.2, 0.25) is 0 Å². The largest absolute Gasteiger partial charge is 0.492 e. The van der Waals surface area contributed by atoms with Crippen LogP contribution >= 0.6 is 0 Å². The monoisotopic (exact) mass is 351 g/mol. The molecule has 2 aliphatic rings. The van der Waals surface area contributed by atoms with Crippen molar-refractivity contribution in [1.82, 2.24) is 0 Å². The molecule has 1 atom stereocenters. The van der Waals surface area contributed by atoms with E-state index in [1.54, 1.807) is 7.11 Å².